The van der Waals surface area contributed by atoms with E-state index in [1.165, 1.54) is 13.3 Å². The van der Waals surface area contributed by atoms with Crippen LogP contribution in [-0.2, 0) is 9.53 Å². The second-order valence-electron chi connectivity index (χ2n) is 8.13. The van der Waals surface area contributed by atoms with Gasteiger partial charge in [-0.3, -0.25) is 4.79 Å². The molecule has 3 heteroatoms. The molecule has 0 aromatic heterocycles. The number of Topliss-reactive ketones (excluding diaryl/α,β-unsaturated/α-hetero) is 1. The first kappa shape index (κ1) is 15.1. The van der Waals surface area contributed by atoms with Crippen molar-refractivity contribution in [3.63, 3.8) is 0 Å². The highest BCUT2D eigenvalue weighted by Gasteiger charge is 2.63. The van der Waals surface area contributed by atoms with Crippen molar-refractivity contribution in [2.75, 3.05) is 0 Å². The van der Waals surface area contributed by atoms with Crippen LogP contribution in [0.2, 0.25) is 0 Å². The van der Waals surface area contributed by atoms with Crippen LogP contribution < -0.4 is 0 Å². The van der Waals surface area contributed by atoms with Crippen molar-refractivity contribution in [3.8, 4) is 0 Å². The number of allylic oxidation sites excluding steroid dienone is 1. The lowest BCUT2D eigenvalue weighted by Gasteiger charge is -2.65. The Morgan fingerprint density at radius 2 is 1.90 bits per heavy atom. The van der Waals surface area contributed by atoms with Crippen LogP contribution in [0.1, 0.15) is 65.7 Å². The zero-order chi connectivity index (χ0) is 15.5. The second kappa shape index (κ2) is 4.58. The summed E-state index contributed by atoms with van der Waals surface area (Å²) in [5, 5.41) is 10.9. The predicted octanol–water partition coefficient (Wildman–Crippen LogP) is 3.61. The minimum Gasteiger partial charge on any atom is -0.484 e. The molecule has 0 spiro atoms. The normalized spacial score (nSPS) is 43.4. The second-order valence-corrected chi connectivity index (χ2v) is 8.13. The van der Waals surface area contributed by atoms with Crippen molar-refractivity contribution in [1.29, 1.82) is 0 Å². The highest BCUT2D eigenvalue weighted by atomic mass is 16.5. The van der Waals surface area contributed by atoms with Gasteiger partial charge in [-0.2, -0.15) is 0 Å². The Balaban J connectivity index is 1.92. The van der Waals surface area contributed by atoms with Gasteiger partial charge in [0.05, 0.1) is 5.60 Å². The summed E-state index contributed by atoms with van der Waals surface area (Å²) in [5.41, 5.74) is -0.901. The Morgan fingerprint density at radius 1 is 1.33 bits per heavy atom. The van der Waals surface area contributed by atoms with E-state index in [-0.39, 0.29) is 17.0 Å². The number of ether oxygens (including phenoxy) is 1. The maximum atomic E-state index is 11.6. The van der Waals surface area contributed by atoms with Gasteiger partial charge in [0.1, 0.15) is 5.60 Å². The van der Waals surface area contributed by atoms with Gasteiger partial charge in [0.15, 0.2) is 11.5 Å². The van der Waals surface area contributed by atoms with Gasteiger partial charge in [-0.05, 0) is 63.7 Å². The summed E-state index contributed by atoms with van der Waals surface area (Å²) in [6.45, 7) is 9.55. The summed E-state index contributed by atoms with van der Waals surface area (Å²) in [6.07, 6.45) is 7.09. The summed E-state index contributed by atoms with van der Waals surface area (Å²) in [6, 6.07) is 0. The topological polar surface area (TPSA) is 46.5 Å². The van der Waals surface area contributed by atoms with Gasteiger partial charge < -0.3 is 9.84 Å². The first-order valence-corrected chi connectivity index (χ1v) is 8.32. The summed E-state index contributed by atoms with van der Waals surface area (Å²) < 4.78 is 6.12. The molecular weight excluding hydrogens is 264 g/mol. The number of aliphatic hydroxyl groups is 1. The van der Waals surface area contributed by atoms with Crippen LogP contribution in [0.5, 0.6) is 0 Å². The van der Waals surface area contributed by atoms with E-state index in [2.05, 4.69) is 20.4 Å². The Hall–Kier alpha value is -0.830. The molecular formula is C18H28O3. The first-order chi connectivity index (χ1) is 9.71. The maximum absolute atomic E-state index is 11.6. The summed E-state index contributed by atoms with van der Waals surface area (Å²) in [5.74, 6) is 1.41. The predicted molar refractivity (Wildman–Crippen MR) is 81.7 cm³/mol. The maximum Gasteiger partial charge on any atom is 0.193 e. The highest BCUT2D eigenvalue weighted by molar-refractivity contribution is 5.90. The fourth-order valence-corrected chi connectivity index (χ4v) is 5.73. The first-order valence-electron chi connectivity index (χ1n) is 8.32. The molecule has 4 saturated carbocycles. The molecule has 4 bridgehead atoms. The quantitative estimate of drug-likeness (QED) is 0.622. The van der Waals surface area contributed by atoms with Crippen molar-refractivity contribution in [1.82, 2.24) is 0 Å². The largest absolute Gasteiger partial charge is 0.484 e. The molecule has 0 heterocycles. The van der Waals surface area contributed by atoms with Crippen LogP contribution in [0.3, 0.4) is 0 Å². The van der Waals surface area contributed by atoms with Crippen LogP contribution in [0, 0.1) is 17.3 Å². The van der Waals surface area contributed by atoms with Crippen molar-refractivity contribution in [2.45, 2.75) is 76.9 Å². The molecule has 4 fully saturated rings. The molecule has 0 saturated heterocycles. The van der Waals surface area contributed by atoms with Gasteiger partial charge in [-0.25, -0.2) is 0 Å². The van der Waals surface area contributed by atoms with E-state index in [0.29, 0.717) is 11.8 Å². The number of rotatable bonds is 5. The van der Waals surface area contributed by atoms with E-state index in [9.17, 15) is 9.90 Å². The summed E-state index contributed by atoms with van der Waals surface area (Å²) in [4.78, 5) is 11.6. The molecule has 0 aromatic rings. The molecule has 0 amide bonds. The Kier molecular flexibility index (Phi) is 3.29. The fraction of sp³-hybridized carbons (Fsp3) is 0.833. The molecule has 0 radical (unpaired) electrons. The Morgan fingerprint density at radius 3 is 2.33 bits per heavy atom. The van der Waals surface area contributed by atoms with E-state index in [4.69, 9.17) is 4.74 Å². The summed E-state index contributed by atoms with van der Waals surface area (Å²) in [7, 11) is 0. The smallest absolute Gasteiger partial charge is 0.193 e. The molecule has 118 valence electrons. The monoisotopic (exact) mass is 292 g/mol. The lowest BCUT2D eigenvalue weighted by Crippen LogP contribution is -2.63. The SMILES string of the molecule is C=C(OC(C)(CC)C12CC3CC(CC(O)(C3)C1)C2)C(C)=O. The van der Waals surface area contributed by atoms with Crippen LogP contribution in [0.25, 0.3) is 0 Å². The number of hydrogen-bond acceptors (Lipinski definition) is 3. The van der Waals surface area contributed by atoms with Gasteiger partial charge in [-0.1, -0.05) is 13.5 Å². The number of carbonyl (C=O) groups excluding carboxylic acids is 1. The van der Waals surface area contributed by atoms with E-state index in [0.717, 1.165) is 38.5 Å². The molecule has 0 aliphatic heterocycles. The zero-order valence-corrected chi connectivity index (χ0v) is 13.6. The molecule has 21 heavy (non-hydrogen) atoms. The van der Waals surface area contributed by atoms with Crippen molar-refractivity contribution in [2.24, 2.45) is 17.3 Å². The van der Waals surface area contributed by atoms with Crippen LogP contribution >= 0.6 is 0 Å². The molecule has 3 unspecified atom stereocenters. The van der Waals surface area contributed by atoms with E-state index < -0.39 is 11.2 Å². The van der Waals surface area contributed by atoms with E-state index >= 15 is 0 Å². The molecule has 3 nitrogen and oxygen atoms in total. The van der Waals surface area contributed by atoms with E-state index in [1.54, 1.807) is 0 Å². The lowest BCUT2D eigenvalue weighted by molar-refractivity contribution is -0.230. The minimum atomic E-state index is -0.499. The Labute approximate surface area is 127 Å². The van der Waals surface area contributed by atoms with Gasteiger partial charge >= 0.3 is 0 Å². The highest BCUT2D eigenvalue weighted by Crippen LogP contribution is 2.66. The molecule has 4 aliphatic carbocycles. The lowest BCUT2D eigenvalue weighted by atomic mass is 9.44. The van der Waals surface area contributed by atoms with Crippen LogP contribution in [-0.4, -0.2) is 22.1 Å². The van der Waals surface area contributed by atoms with E-state index in [1.807, 2.05) is 0 Å². The van der Waals surface area contributed by atoms with Crippen molar-refractivity contribution in [3.05, 3.63) is 12.3 Å². The third kappa shape index (κ3) is 2.25. The number of ketones is 1. The summed E-state index contributed by atoms with van der Waals surface area (Å²) >= 11 is 0. The van der Waals surface area contributed by atoms with Gasteiger partial charge in [0, 0.05) is 12.3 Å². The van der Waals surface area contributed by atoms with Gasteiger partial charge in [0.2, 0.25) is 0 Å². The Bertz CT molecular complexity index is 467. The fourth-order valence-electron chi connectivity index (χ4n) is 5.73. The molecule has 1 N–H and O–H groups in total. The average molecular weight is 292 g/mol. The average Bonchev–Trinajstić information content (AvgIpc) is 2.35. The molecule has 4 rings (SSSR count). The third-order valence-electron chi connectivity index (χ3n) is 6.57. The van der Waals surface area contributed by atoms with Crippen molar-refractivity contribution < 1.29 is 14.6 Å². The number of carbonyl (C=O) groups is 1. The number of hydrogen-bond donors (Lipinski definition) is 1. The molecule has 3 atom stereocenters. The molecule has 4 aliphatic rings. The standard InChI is InChI=1S/C18H28O3/c1-5-16(4,21-13(3)12(2)19)17-7-14-6-15(8-17)10-18(20,9-14)11-17/h14-15,20H,3,5-11H2,1-2,4H3. The van der Waals surface area contributed by atoms with Gasteiger partial charge in [-0.15, -0.1) is 0 Å². The zero-order valence-electron chi connectivity index (χ0n) is 13.6. The van der Waals surface area contributed by atoms with Crippen LogP contribution in [0.15, 0.2) is 12.3 Å². The van der Waals surface area contributed by atoms with Crippen molar-refractivity contribution >= 4 is 5.78 Å². The van der Waals surface area contributed by atoms with Crippen LogP contribution in [0.4, 0.5) is 0 Å². The minimum absolute atomic E-state index is 0.00102. The molecule has 0 aromatic carbocycles. The van der Waals surface area contributed by atoms with Gasteiger partial charge in [0.25, 0.3) is 0 Å². The third-order valence-corrected chi connectivity index (χ3v) is 6.57.